The van der Waals surface area contributed by atoms with Gasteiger partial charge in [0.05, 0.1) is 0 Å². The summed E-state index contributed by atoms with van der Waals surface area (Å²) < 4.78 is 1.81. The van der Waals surface area contributed by atoms with Crippen LogP contribution >= 0.6 is 27.7 Å². The molecule has 1 aromatic heterocycles. The van der Waals surface area contributed by atoms with Gasteiger partial charge in [-0.3, -0.25) is 9.36 Å². The standard InChI is InChI=1S/C10H13BrN2OS/c1-3-8-6(2)12-10-13(9(8)14)5-7(4-11)15-10/h7H,3-5H2,1-2H3. The topological polar surface area (TPSA) is 34.9 Å². The second-order valence-electron chi connectivity index (χ2n) is 3.62. The molecule has 0 saturated heterocycles. The average Bonchev–Trinajstić information content (AvgIpc) is 2.61. The molecule has 0 N–H and O–H groups in total. The van der Waals surface area contributed by atoms with Crippen LogP contribution in [0.1, 0.15) is 18.2 Å². The molecule has 2 rings (SSSR count). The molecule has 1 aromatic rings. The molecule has 1 aliphatic heterocycles. The van der Waals surface area contributed by atoms with Crippen molar-refractivity contribution in [3.63, 3.8) is 0 Å². The lowest BCUT2D eigenvalue weighted by molar-refractivity contribution is 0.607. The number of nitrogens with zero attached hydrogens (tertiary/aromatic N) is 2. The molecule has 0 aromatic carbocycles. The fourth-order valence-electron chi connectivity index (χ4n) is 1.80. The number of aromatic nitrogens is 2. The summed E-state index contributed by atoms with van der Waals surface area (Å²) in [5.41, 5.74) is 1.89. The van der Waals surface area contributed by atoms with Crippen molar-refractivity contribution in [1.29, 1.82) is 0 Å². The highest BCUT2D eigenvalue weighted by Gasteiger charge is 2.25. The molecule has 5 heteroatoms. The number of halogens is 1. The minimum absolute atomic E-state index is 0.149. The maximum Gasteiger partial charge on any atom is 0.257 e. The van der Waals surface area contributed by atoms with E-state index in [1.165, 1.54) is 0 Å². The van der Waals surface area contributed by atoms with Crippen LogP contribution in [0.15, 0.2) is 9.95 Å². The van der Waals surface area contributed by atoms with Gasteiger partial charge >= 0.3 is 0 Å². The van der Waals surface area contributed by atoms with E-state index in [0.29, 0.717) is 5.25 Å². The molecule has 0 fully saturated rings. The normalized spacial score (nSPS) is 19.3. The molecule has 1 unspecified atom stereocenters. The van der Waals surface area contributed by atoms with Crippen molar-refractivity contribution in [3.05, 3.63) is 21.6 Å². The molecule has 0 saturated carbocycles. The van der Waals surface area contributed by atoms with Crippen LogP contribution in [0.25, 0.3) is 0 Å². The van der Waals surface area contributed by atoms with Crippen LogP contribution in [-0.2, 0) is 13.0 Å². The molecule has 0 bridgehead atoms. The Labute approximate surface area is 101 Å². The van der Waals surface area contributed by atoms with Crippen LogP contribution in [0.4, 0.5) is 0 Å². The Morgan fingerprint density at radius 3 is 3.00 bits per heavy atom. The summed E-state index contributed by atoms with van der Waals surface area (Å²) in [6, 6.07) is 0. The van der Waals surface area contributed by atoms with Crippen molar-refractivity contribution < 1.29 is 0 Å². The zero-order valence-corrected chi connectivity index (χ0v) is 11.2. The van der Waals surface area contributed by atoms with Crippen LogP contribution in [-0.4, -0.2) is 20.1 Å². The van der Waals surface area contributed by atoms with E-state index in [-0.39, 0.29) is 5.56 Å². The van der Waals surface area contributed by atoms with Crippen LogP contribution < -0.4 is 5.56 Å². The Kier molecular flexibility index (Phi) is 3.21. The number of hydrogen-bond donors (Lipinski definition) is 0. The van der Waals surface area contributed by atoms with Crippen molar-refractivity contribution in [2.75, 3.05) is 5.33 Å². The molecule has 0 spiro atoms. The summed E-state index contributed by atoms with van der Waals surface area (Å²) in [6.45, 7) is 4.70. The molecule has 15 heavy (non-hydrogen) atoms. The summed E-state index contributed by atoms with van der Waals surface area (Å²) in [6.07, 6.45) is 0.765. The highest BCUT2D eigenvalue weighted by Crippen LogP contribution is 2.30. The predicted molar refractivity (Wildman–Crippen MR) is 66.1 cm³/mol. The van der Waals surface area contributed by atoms with E-state index in [2.05, 4.69) is 20.9 Å². The van der Waals surface area contributed by atoms with E-state index in [1.54, 1.807) is 11.8 Å². The second kappa shape index (κ2) is 4.29. The van der Waals surface area contributed by atoms with Crippen molar-refractivity contribution in [2.45, 2.75) is 37.2 Å². The van der Waals surface area contributed by atoms with E-state index < -0.39 is 0 Å². The first kappa shape index (κ1) is 11.2. The zero-order valence-electron chi connectivity index (χ0n) is 8.79. The number of rotatable bonds is 2. The Morgan fingerprint density at radius 1 is 1.67 bits per heavy atom. The van der Waals surface area contributed by atoms with Crippen molar-refractivity contribution >= 4 is 27.7 Å². The Hall–Kier alpha value is -0.290. The van der Waals surface area contributed by atoms with Crippen LogP contribution in [0, 0.1) is 6.92 Å². The largest absolute Gasteiger partial charge is 0.286 e. The van der Waals surface area contributed by atoms with Crippen molar-refractivity contribution in [3.8, 4) is 0 Å². The lowest BCUT2D eigenvalue weighted by Crippen LogP contribution is -2.26. The molecule has 3 nitrogen and oxygen atoms in total. The van der Waals surface area contributed by atoms with E-state index in [4.69, 9.17) is 0 Å². The number of hydrogen-bond acceptors (Lipinski definition) is 3. The fourth-order valence-corrected chi connectivity index (χ4v) is 3.46. The third kappa shape index (κ3) is 1.87. The lowest BCUT2D eigenvalue weighted by atomic mass is 10.2. The van der Waals surface area contributed by atoms with Gasteiger partial charge in [0.25, 0.3) is 5.56 Å². The Morgan fingerprint density at radius 2 is 2.40 bits per heavy atom. The van der Waals surface area contributed by atoms with E-state index in [1.807, 2.05) is 18.4 Å². The van der Waals surface area contributed by atoms with E-state index >= 15 is 0 Å². The summed E-state index contributed by atoms with van der Waals surface area (Å²) in [4.78, 5) is 16.6. The maximum atomic E-state index is 12.1. The summed E-state index contributed by atoms with van der Waals surface area (Å²) >= 11 is 5.14. The predicted octanol–water partition coefficient (Wildman–Crippen LogP) is 1.98. The monoisotopic (exact) mass is 288 g/mol. The lowest BCUT2D eigenvalue weighted by Gasteiger charge is -2.06. The average molecular weight is 289 g/mol. The SMILES string of the molecule is CCc1c(C)nc2n(c1=O)CC(CBr)S2. The van der Waals surface area contributed by atoms with Crippen molar-refractivity contribution in [2.24, 2.45) is 0 Å². The van der Waals surface area contributed by atoms with Gasteiger partial charge in [-0.25, -0.2) is 4.98 Å². The fraction of sp³-hybridized carbons (Fsp3) is 0.600. The zero-order chi connectivity index (χ0) is 11.0. The molecule has 0 radical (unpaired) electrons. The van der Waals surface area contributed by atoms with Gasteiger partial charge in [0.15, 0.2) is 5.16 Å². The van der Waals surface area contributed by atoms with Crippen LogP contribution in [0.5, 0.6) is 0 Å². The summed E-state index contributed by atoms with van der Waals surface area (Å²) in [5.74, 6) is 0. The van der Waals surface area contributed by atoms with Gasteiger partial charge in [-0.05, 0) is 13.3 Å². The summed E-state index contributed by atoms with van der Waals surface area (Å²) in [5, 5.41) is 2.22. The first-order chi connectivity index (χ1) is 7.17. The quantitative estimate of drug-likeness (QED) is 0.617. The first-order valence-electron chi connectivity index (χ1n) is 5.00. The minimum atomic E-state index is 0.149. The third-order valence-electron chi connectivity index (χ3n) is 2.62. The van der Waals surface area contributed by atoms with Crippen molar-refractivity contribution in [1.82, 2.24) is 9.55 Å². The Bertz CT molecular complexity index is 444. The van der Waals surface area contributed by atoms with Gasteiger partial charge in [-0.1, -0.05) is 34.6 Å². The molecular weight excluding hydrogens is 276 g/mol. The van der Waals surface area contributed by atoms with Gasteiger partial charge < -0.3 is 0 Å². The molecule has 0 amide bonds. The molecular formula is C10H13BrN2OS. The highest BCUT2D eigenvalue weighted by molar-refractivity contribution is 9.09. The van der Waals surface area contributed by atoms with Crippen LogP contribution in [0.3, 0.4) is 0 Å². The van der Waals surface area contributed by atoms with Crippen LogP contribution in [0.2, 0.25) is 0 Å². The van der Waals surface area contributed by atoms with Gasteiger partial charge in [0.2, 0.25) is 0 Å². The van der Waals surface area contributed by atoms with Gasteiger partial charge in [-0.15, -0.1) is 0 Å². The van der Waals surface area contributed by atoms with Gasteiger partial charge in [-0.2, -0.15) is 0 Å². The summed E-state index contributed by atoms with van der Waals surface area (Å²) in [7, 11) is 0. The number of alkyl halides is 1. The molecule has 0 aliphatic carbocycles. The Balaban J connectivity index is 2.52. The van der Waals surface area contributed by atoms with E-state index in [9.17, 15) is 4.79 Å². The number of fused-ring (bicyclic) bond motifs is 1. The third-order valence-corrected chi connectivity index (χ3v) is 5.00. The number of thioether (sulfide) groups is 1. The molecule has 2 heterocycles. The van der Waals surface area contributed by atoms with Gasteiger partial charge in [0, 0.05) is 28.4 Å². The van der Waals surface area contributed by atoms with E-state index in [0.717, 1.165) is 34.7 Å². The highest BCUT2D eigenvalue weighted by atomic mass is 79.9. The maximum absolute atomic E-state index is 12.1. The molecule has 82 valence electrons. The smallest absolute Gasteiger partial charge is 0.257 e. The molecule has 1 atom stereocenters. The number of aryl methyl sites for hydroxylation is 1. The van der Waals surface area contributed by atoms with Gasteiger partial charge in [0.1, 0.15) is 0 Å². The first-order valence-corrected chi connectivity index (χ1v) is 7.00. The molecule has 1 aliphatic rings. The minimum Gasteiger partial charge on any atom is -0.286 e. The second-order valence-corrected chi connectivity index (χ2v) is 5.54.